The minimum atomic E-state index is 0. The van der Waals surface area contributed by atoms with Gasteiger partial charge in [-0.3, -0.25) is 4.99 Å². The average Bonchev–Trinajstić information content (AvgIpc) is 3.29. The van der Waals surface area contributed by atoms with Crippen LogP contribution in [0.3, 0.4) is 0 Å². The molecule has 0 bridgehead atoms. The Morgan fingerprint density at radius 1 is 1.03 bits per heavy atom. The van der Waals surface area contributed by atoms with Crippen molar-refractivity contribution >= 4 is 29.9 Å². The molecule has 1 aromatic rings. The molecule has 30 heavy (non-hydrogen) atoms. The van der Waals surface area contributed by atoms with Crippen LogP contribution in [-0.2, 0) is 15.9 Å². The summed E-state index contributed by atoms with van der Waals surface area (Å²) < 4.78 is 16.7. The molecule has 0 aromatic carbocycles. The van der Waals surface area contributed by atoms with Gasteiger partial charge in [0.1, 0.15) is 5.76 Å². The normalized spacial score (nSPS) is 18.7. The molecule has 2 aliphatic rings. The van der Waals surface area contributed by atoms with Crippen molar-refractivity contribution in [1.82, 2.24) is 10.6 Å². The third-order valence-corrected chi connectivity index (χ3v) is 5.93. The van der Waals surface area contributed by atoms with E-state index in [1.54, 1.807) is 6.26 Å². The summed E-state index contributed by atoms with van der Waals surface area (Å²) in [6.45, 7) is 6.08. The Morgan fingerprint density at radius 2 is 1.83 bits per heavy atom. The summed E-state index contributed by atoms with van der Waals surface area (Å²) in [5.74, 6) is 3.35. The summed E-state index contributed by atoms with van der Waals surface area (Å²) in [5, 5.41) is 6.95. The van der Waals surface area contributed by atoms with Crippen LogP contribution in [-0.4, -0.2) is 52.0 Å². The lowest BCUT2D eigenvalue weighted by Crippen LogP contribution is -2.39. The molecule has 1 aliphatic carbocycles. The summed E-state index contributed by atoms with van der Waals surface area (Å²) in [6.07, 6.45) is 12.6. The zero-order valence-corrected chi connectivity index (χ0v) is 20.6. The maximum Gasteiger partial charge on any atom is 0.191 e. The van der Waals surface area contributed by atoms with Crippen molar-refractivity contribution in [2.24, 2.45) is 16.8 Å². The third kappa shape index (κ3) is 10.5. The maximum absolute atomic E-state index is 5.87. The van der Waals surface area contributed by atoms with Crippen LogP contribution in [0.5, 0.6) is 0 Å². The van der Waals surface area contributed by atoms with Crippen LogP contribution in [0.25, 0.3) is 0 Å². The van der Waals surface area contributed by atoms with Crippen LogP contribution in [0.1, 0.15) is 57.1 Å². The maximum atomic E-state index is 5.87. The van der Waals surface area contributed by atoms with E-state index in [9.17, 15) is 0 Å². The number of guanidine groups is 1. The molecule has 1 saturated heterocycles. The molecule has 0 amide bonds. The molecule has 3 rings (SSSR count). The molecule has 2 N–H and O–H groups in total. The van der Waals surface area contributed by atoms with Crippen molar-refractivity contribution in [3.63, 3.8) is 0 Å². The lowest BCUT2D eigenvalue weighted by Gasteiger charge is -2.22. The second kappa shape index (κ2) is 15.9. The number of hydrogen-bond acceptors (Lipinski definition) is 4. The standard InChI is InChI=1S/C23H39N3O3.HI/c1-2-6-20(7-3-1)18-26-23(25-13-9-22-8-4-15-29-22)24-12-5-14-28-19-21-10-16-27-17-11-21;/h4,8,15,20-21H,1-3,5-7,9-14,16-19H2,(H2,24,25,26);1H. The van der Waals surface area contributed by atoms with Crippen LogP contribution >= 0.6 is 24.0 Å². The van der Waals surface area contributed by atoms with Gasteiger partial charge in [0.05, 0.1) is 6.26 Å². The van der Waals surface area contributed by atoms with Crippen molar-refractivity contribution in [2.45, 2.75) is 57.8 Å². The molecule has 6 nitrogen and oxygen atoms in total. The van der Waals surface area contributed by atoms with Crippen LogP contribution in [0.15, 0.2) is 27.8 Å². The number of ether oxygens (including phenoxy) is 2. The Hall–Kier alpha value is -0.800. The van der Waals surface area contributed by atoms with Gasteiger partial charge in [0, 0.05) is 52.5 Å². The van der Waals surface area contributed by atoms with Gasteiger partial charge in [0.25, 0.3) is 0 Å². The fourth-order valence-corrected chi connectivity index (χ4v) is 4.07. The fraction of sp³-hybridized carbons (Fsp3) is 0.783. The number of aliphatic imine (C=N–C) groups is 1. The van der Waals surface area contributed by atoms with Crippen molar-refractivity contribution in [3.8, 4) is 0 Å². The van der Waals surface area contributed by atoms with Gasteiger partial charge in [-0.2, -0.15) is 0 Å². The van der Waals surface area contributed by atoms with E-state index in [1.807, 2.05) is 12.1 Å². The third-order valence-electron chi connectivity index (χ3n) is 5.93. The Bertz CT molecular complexity index is 556. The summed E-state index contributed by atoms with van der Waals surface area (Å²) in [5.41, 5.74) is 0. The average molecular weight is 533 g/mol. The SMILES string of the molecule is I.c1coc(CCNC(=NCC2CCCCC2)NCCCOCC2CCOCC2)c1. The minimum Gasteiger partial charge on any atom is -0.469 e. The summed E-state index contributed by atoms with van der Waals surface area (Å²) in [4.78, 5) is 4.87. The Morgan fingerprint density at radius 3 is 2.60 bits per heavy atom. The van der Waals surface area contributed by atoms with Gasteiger partial charge in [0.15, 0.2) is 5.96 Å². The topological polar surface area (TPSA) is 68.0 Å². The van der Waals surface area contributed by atoms with E-state index in [2.05, 4.69) is 10.6 Å². The number of hydrogen-bond donors (Lipinski definition) is 2. The van der Waals surface area contributed by atoms with E-state index < -0.39 is 0 Å². The Labute approximate surface area is 199 Å². The summed E-state index contributed by atoms with van der Waals surface area (Å²) in [7, 11) is 0. The molecule has 1 aromatic heterocycles. The highest BCUT2D eigenvalue weighted by molar-refractivity contribution is 14.0. The summed E-state index contributed by atoms with van der Waals surface area (Å²) >= 11 is 0. The van der Waals surface area contributed by atoms with Gasteiger partial charge in [-0.15, -0.1) is 24.0 Å². The van der Waals surface area contributed by atoms with E-state index >= 15 is 0 Å². The van der Waals surface area contributed by atoms with Gasteiger partial charge in [-0.05, 0) is 56.1 Å². The van der Waals surface area contributed by atoms with E-state index in [0.717, 1.165) is 89.4 Å². The van der Waals surface area contributed by atoms with Crippen molar-refractivity contribution in [3.05, 3.63) is 24.2 Å². The largest absolute Gasteiger partial charge is 0.469 e. The molecule has 0 spiro atoms. The second-order valence-corrected chi connectivity index (χ2v) is 8.36. The molecule has 1 aliphatic heterocycles. The molecule has 0 atom stereocenters. The van der Waals surface area contributed by atoms with Crippen molar-refractivity contribution in [2.75, 3.05) is 46.1 Å². The molecule has 2 heterocycles. The van der Waals surface area contributed by atoms with E-state index in [-0.39, 0.29) is 24.0 Å². The first-order valence-electron chi connectivity index (χ1n) is 11.6. The number of nitrogens with one attached hydrogen (secondary N) is 2. The van der Waals surface area contributed by atoms with Gasteiger partial charge >= 0.3 is 0 Å². The van der Waals surface area contributed by atoms with Crippen molar-refractivity contribution in [1.29, 1.82) is 0 Å². The van der Waals surface area contributed by atoms with Crippen LogP contribution in [0.2, 0.25) is 0 Å². The zero-order valence-electron chi connectivity index (χ0n) is 18.3. The first kappa shape index (κ1) is 25.5. The van der Waals surface area contributed by atoms with Gasteiger partial charge in [0.2, 0.25) is 0 Å². The van der Waals surface area contributed by atoms with E-state index in [1.165, 1.54) is 32.1 Å². The van der Waals surface area contributed by atoms with Crippen LogP contribution in [0.4, 0.5) is 0 Å². The highest BCUT2D eigenvalue weighted by atomic mass is 127. The molecule has 0 radical (unpaired) electrons. The highest BCUT2D eigenvalue weighted by Crippen LogP contribution is 2.23. The molecule has 172 valence electrons. The van der Waals surface area contributed by atoms with E-state index in [4.69, 9.17) is 18.9 Å². The summed E-state index contributed by atoms with van der Waals surface area (Å²) in [6, 6.07) is 3.95. The zero-order chi connectivity index (χ0) is 20.0. The Balaban J connectivity index is 0.00000320. The fourth-order valence-electron chi connectivity index (χ4n) is 4.07. The molecule has 0 unspecified atom stereocenters. The quantitative estimate of drug-likeness (QED) is 0.191. The highest BCUT2D eigenvalue weighted by Gasteiger charge is 2.14. The number of rotatable bonds is 11. The number of halogens is 1. The van der Waals surface area contributed by atoms with Crippen LogP contribution < -0.4 is 10.6 Å². The van der Waals surface area contributed by atoms with Gasteiger partial charge in [-0.1, -0.05) is 19.3 Å². The first-order chi connectivity index (χ1) is 14.4. The molecular formula is C23H40IN3O3. The monoisotopic (exact) mass is 533 g/mol. The van der Waals surface area contributed by atoms with Gasteiger partial charge < -0.3 is 24.5 Å². The minimum absolute atomic E-state index is 0. The predicted molar refractivity (Wildman–Crippen MR) is 132 cm³/mol. The number of furan rings is 1. The number of nitrogens with zero attached hydrogens (tertiary/aromatic N) is 1. The van der Waals surface area contributed by atoms with Crippen LogP contribution in [0, 0.1) is 11.8 Å². The molecular weight excluding hydrogens is 493 g/mol. The smallest absolute Gasteiger partial charge is 0.191 e. The first-order valence-corrected chi connectivity index (χ1v) is 11.6. The van der Waals surface area contributed by atoms with Crippen molar-refractivity contribution < 1.29 is 13.9 Å². The lowest BCUT2D eigenvalue weighted by molar-refractivity contribution is 0.0203. The van der Waals surface area contributed by atoms with Gasteiger partial charge in [-0.25, -0.2) is 0 Å². The Kier molecular flexibility index (Phi) is 13.5. The molecule has 7 heteroatoms. The predicted octanol–water partition coefficient (Wildman–Crippen LogP) is 4.39. The molecule has 1 saturated carbocycles. The lowest BCUT2D eigenvalue weighted by atomic mass is 9.89. The second-order valence-electron chi connectivity index (χ2n) is 8.36. The molecule has 2 fully saturated rings. The van der Waals surface area contributed by atoms with E-state index in [0.29, 0.717) is 5.92 Å².